The molecule has 0 amide bonds. The first-order valence-corrected chi connectivity index (χ1v) is 6.26. The molecule has 0 nitrogen and oxygen atoms in total. The number of hydrogen-bond donors (Lipinski definition) is 0. The maximum Gasteiger partial charge on any atom is 0.0178 e. The third-order valence-corrected chi connectivity index (χ3v) is 3.77. The molecule has 0 heterocycles. The topological polar surface area (TPSA) is 0 Å². The highest BCUT2D eigenvalue weighted by atomic mass is 79.9. The molecular weight excluding hydrogens is 236 g/mol. The molecule has 0 fully saturated rings. The summed E-state index contributed by atoms with van der Waals surface area (Å²) >= 11 is 3.57. The predicted octanol–water partition coefficient (Wildman–Crippen LogP) is 4.53. The minimum atomic E-state index is 0.767. The summed E-state index contributed by atoms with van der Waals surface area (Å²) in [5.41, 5.74) is 3.15. The molecule has 1 heteroatoms. The molecule has 0 bridgehead atoms. The standard InChI is InChI=1S/C13H17Br/c1-9(2)12-5-3-4-10-6-7-11(14)8-13(10)12/h6-9,12H,3-5H2,1-2H3. The summed E-state index contributed by atoms with van der Waals surface area (Å²) in [5.74, 6) is 1.54. The molecule has 0 N–H and O–H groups in total. The Kier molecular flexibility index (Phi) is 2.96. The molecule has 14 heavy (non-hydrogen) atoms. The average Bonchev–Trinajstić information content (AvgIpc) is 2.16. The van der Waals surface area contributed by atoms with Crippen molar-refractivity contribution in [2.45, 2.75) is 39.0 Å². The molecule has 1 aliphatic carbocycles. The van der Waals surface area contributed by atoms with Crippen LogP contribution in [-0.4, -0.2) is 0 Å². The van der Waals surface area contributed by atoms with E-state index in [1.54, 1.807) is 11.1 Å². The van der Waals surface area contributed by atoms with E-state index in [4.69, 9.17) is 0 Å². The second kappa shape index (κ2) is 4.06. The van der Waals surface area contributed by atoms with E-state index in [-0.39, 0.29) is 0 Å². The van der Waals surface area contributed by atoms with Gasteiger partial charge in [0, 0.05) is 4.47 Å². The Morgan fingerprint density at radius 3 is 2.86 bits per heavy atom. The van der Waals surface area contributed by atoms with Gasteiger partial charge in [0.2, 0.25) is 0 Å². The van der Waals surface area contributed by atoms with E-state index in [1.165, 1.54) is 23.7 Å². The van der Waals surface area contributed by atoms with Crippen molar-refractivity contribution < 1.29 is 0 Å². The highest BCUT2D eigenvalue weighted by Crippen LogP contribution is 2.37. The summed E-state index contributed by atoms with van der Waals surface area (Å²) in [4.78, 5) is 0. The van der Waals surface area contributed by atoms with E-state index in [9.17, 15) is 0 Å². The lowest BCUT2D eigenvalue weighted by Gasteiger charge is -2.28. The molecule has 1 aliphatic rings. The van der Waals surface area contributed by atoms with E-state index in [2.05, 4.69) is 48.0 Å². The maximum absolute atomic E-state index is 3.57. The van der Waals surface area contributed by atoms with E-state index in [0.717, 1.165) is 11.8 Å². The van der Waals surface area contributed by atoms with Gasteiger partial charge in [-0.3, -0.25) is 0 Å². The Morgan fingerprint density at radius 1 is 1.36 bits per heavy atom. The Morgan fingerprint density at radius 2 is 2.14 bits per heavy atom. The average molecular weight is 253 g/mol. The lowest BCUT2D eigenvalue weighted by atomic mass is 9.77. The van der Waals surface area contributed by atoms with Crippen LogP contribution in [0.1, 0.15) is 43.7 Å². The smallest absolute Gasteiger partial charge is 0.0178 e. The lowest BCUT2D eigenvalue weighted by molar-refractivity contribution is 0.433. The van der Waals surface area contributed by atoms with E-state index < -0.39 is 0 Å². The normalized spacial score (nSPS) is 21.0. The quantitative estimate of drug-likeness (QED) is 0.690. The Labute approximate surface area is 94.8 Å². The number of benzene rings is 1. The van der Waals surface area contributed by atoms with Crippen molar-refractivity contribution in [1.29, 1.82) is 0 Å². The van der Waals surface area contributed by atoms with Gasteiger partial charge in [0.1, 0.15) is 0 Å². The number of rotatable bonds is 1. The minimum Gasteiger partial charge on any atom is -0.0622 e. The summed E-state index contributed by atoms with van der Waals surface area (Å²) in [6.45, 7) is 4.67. The second-order valence-corrected chi connectivity index (χ2v) is 5.50. The first-order chi connectivity index (χ1) is 6.68. The summed E-state index contributed by atoms with van der Waals surface area (Å²) < 4.78 is 1.23. The number of hydrogen-bond acceptors (Lipinski definition) is 0. The van der Waals surface area contributed by atoms with E-state index in [0.29, 0.717) is 0 Å². The number of halogens is 1. The first-order valence-electron chi connectivity index (χ1n) is 5.47. The Balaban J connectivity index is 2.41. The van der Waals surface area contributed by atoms with Crippen LogP contribution in [0.25, 0.3) is 0 Å². The van der Waals surface area contributed by atoms with Crippen LogP contribution in [-0.2, 0) is 6.42 Å². The van der Waals surface area contributed by atoms with Crippen LogP contribution >= 0.6 is 15.9 Å². The molecule has 0 aliphatic heterocycles. The van der Waals surface area contributed by atoms with Gasteiger partial charge in [-0.1, -0.05) is 35.8 Å². The van der Waals surface area contributed by atoms with Gasteiger partial charge >= 0.3 is 0 Å². The SMILES string of the molecule is CC(C)C1CCCc2ccc(Br)cc21. The zero-order valence-corrected chi connectivity index (χ0v) is 10.5. The van der Waals surface area contributed by atoms with Crippen LogP contribution in [0.15, 0.2) is 22.7 Å². The van der Waals surface area contributed by atoms with Crippen molar-refractivity contribution >= 4 is 15.9 Å². The summed E-state index contributed by atoms with van der Waals surface area (Å²) in [5, 5.41) is 0. The number of fused-ring (bicyclic) bond motifs is 1. The molecule has 0 spiro atoms. The molecule has 1 aromatic carbocycles. The van der Waals surface area contributed by atoms with Crippen molar-refractivity contribution in [3.63, 3.8) is 0 Å². The van der Waals surface area contributed by atoms with Crippen LogP contribution < -0.4 is 0 Å². The van der Waals surface area contributed by atoms with Gasteiger partial charge in [-0.25, -0.2) is 0 Å². The summed E-state index contributed by atoms with van der Waals surface area (Å²) in [7, 11) is 0. The van der Waals surface area contributed by atoms with Crippen LogP contribution in [0.4, 0.5) is 0 Å². The highest BCUT2D eigenvalue weighted by Gasteiger charge is 2.22. The molecule has 1 aromatic rings. The van der Waals surface area contributed by atoms with Crippen LogP contribution in [0, 0.1) is 5.92 Å². The van der Waals surface area contributed by atoms with Crippen molar-refractivity contribution in [3.05, 3.63) is 33.8 Å². The molecule has 0 saturated heterocycles. The van der Waals surface area contributed by atoms with Crippen molar-refractivity contribution in [1.82, 2.24) is 0 Å². The highest BCUT2D eigenvalue weighted by molar-refractivity contribution is 9.10. The van der Waals surface area contributed by atoms with Crippen LogP contribution in [0.5, 0.6) is 0 Å². The van der Waals surface area contributed by atoms with Gasteiger partial charge in [0.05, 0.1) is 0 Å². The monoisotopic (exact) mass is 252 g/mol. The molecule has 1 unspecified atom stereocenters. The minimum absolute atomic E-state index is 0.767. The third-order valence-electron chi connectivity index (χ3n) is 3.27. The summed E-state index contributed by atoms with van der Waals surface area (Å²) in [6, 6.07) is 6.77. The predicted molar refractivity (Wildman–Crippen MR) is 64.7 cm³/mol. The fourth-order valence-corrected chi connectivity index (χ4v) is 2.88. The molecule has 0 saturated carbocycles. The molecular formula is C13H17Br. The van der Waals surface area contributed by atoms with Crippen LogP contribution in [0.2, 0.25) is 0 Å². The Bertz CT molecular complexity index is 328. The fraction of sp³-hybridized carbons (Fsp3) is 0.538. The van der Waals surface area contributed by atoms with Gasteiger partial charge < -0.3 is 0 Å². The van der Waals surface area contributed by atoms with Crippen molar-refractivity contribution in [2.75, 3.05) is 0 Å². The maximum atomic E-state index is 3.57. The fourth-order valence-electron chi connectivity index (χ4n) is 2.50. The molecule has 2 rings (SSSR count). The third kappa shape index (κ3) is 1.88. The van der Waals surface area contributed by atoms with Crippen LogP contribution in [0.3, 0.4) is 0 Å². The van der Waals surface area contributed by atoms with E-state index in [1.807, 2.05) is 0 Å². The largest absolute Gasteiger partial charge is 0.0622 e. The Hall–Kier alpha value is -0.300. The van der Waals surface area contributed by atoms with Gasteiger partial charge in [-0.05, 0) is 54.4 Å². The molecule has 0 radical (unpaired) electrons. The van der Waals surface area contributed by atoms with Gasteiger partial charge in [-0.2, -0.15) is 0 Å². The zero-order valence-electron chi connectivity index (χ0n) is 8.89. The van der Waals surface area contributed by atoms with Crippen molar-refractivity contribution in [2.24, 2.45) is 5.92 Å². The molecule has 0 aromatic heterocycles. The van der Waals surface area contributed by atoms with Crippen molar-refractivity contribution in [3.8, 4) is 0 Å². The molecule has 1 atom stereocenters. The van der Waals surface area contributed by atoms with Gasteiger partial charge in [0.15, 0.2) is 0 Å². The molecule has 76 valence electrons. The number of aryl methyl sites for hydroxylation is 1. The van der Waals surface area contributed by atoms with Gasteiger partial charge in [0.25, 0.3) is 0 Å². The lowest BCUT2D eigenvalue weighted by Crippen LogP contribution is -2.14. The summed E-state index contributed by atoms with van der Waals surface area (Å²) in [6.07, 6.45) is 3.99. The second-order valence-electron chi connectivity index (χ2n) is 4.59. The van der Waals surface area contributed by atoms with Gasteiger partial charge in [-0.15, -0.1) is 0 Å². The first kappa shape index (κ1) is 10.2. The zero-order chi connectivity index (χ0) is 10.1. The van der Waals surface area contributed by atoms with E-state index >= 15 is 0 Å².